The standard InChI is InChI=1S/C26H26F3IN2O2/c1-3-31(4-2)12-7-13-34-32-22-16-20(30)15-21(26(27,28)29)24(22)23(25(32)33)19-11-10-17-8-5-6-9-18(17)14-19/h5-6,8-11,14-16,23H,3-4,7,12-13H2,1-2H3. The molecule has 0 bridgehead atoms. The van der Waals surface area contributed by atoms with Crippen molar-refractivity contribution in [3.8, 4) is 0 Å². The van der Waals surface area contributed by atoms with Gasteiger partial charge in [-0.3, -0.25) is 9.63 Å². The molecular formula is C26H26F3IN2O2. The van der Waals surface area contributed by atoms with E-state index in [2.05, 4.69) is 18.7 Å². The molecule has 1 atom stereocenters. The Bertz CT molecular complexity index is 1190. The number of anilines is 1. The fourth-order valence-corrected chi connectivity index (χ4v) is 5.09. The molecule has 34 heavy (non-hydrogen) atoms. The summed E-state index contributed by atoms with van der Waals surface area (Å²) in [6.45, 7) is 6.96. The zero-order chi connectivity index (χ0) is 24.5. The van der Waals surface area contributed by atoms with Crippen LogP contribution in [0.25, 0.3) is 10.8 Å². The number of amides is 1. The summed E-state index contributed by atoms with van der Waals surface area (Å²) in [6, 6.07) is 15.6. The van der Waals surface area contributed by atoms with Crippen LogP contribution in [-0.2, 0) is 15.8 Å². The number of carbonyl (C=O) groups is 1. The maximum atomic E-state index is 14.1. The summed E-state index contributed by atoms with van der Waals surface area (Å²) in [5.41, 5.74) is -0.150. The van der Waals surface area contributed by atoms with Gasteiger partial charge >= 0.3 is 6.18 Å². The molecule has 3 aromatic rings. The van der Waals surface area contributed by atoms with E-state index in [1.54, 1.807) is 18.2 Å². The molecule has 8 heteroatoms. The van der Waals surface area contributed by atoms with Gasteiger partial charge in [-0.2, -0.15) is 18.2 Å². The minimum Gasteiger partial charge on any atom is -0.304 e. The SMILES string of the molecule is CCN(CC)CCCON1C(=O)C(c2ccc3ccccc3c2)c2c1cc(I)cc2C(F)(F)F. The lowest BCUT2D eigenvalue weighted by Gasteiger charge is -2.21. The number of nitrogens with zero attached hydrogens (tertiary/aromatic N) is 2. The monoisotopic (exact) mass is 582 g/mol. The molecule has 0 aromatic heterocycles. The third kappa shape index (κ3) is 4.94. The van der Waals surface area contributed by atoms with Gasteiger partial charge in [-0.15, -0.1) is 0 Å². The van der Waals surface area contributed by atoms with Crippen LogP contribution in [0.1, 0.15) is 42.9 Å². The Morgan fingerprint density at radius 1 is 1.03 bits per heavy atom. The van der Waals surface area contributed by atoms with Crippen molar-refractivity contribution >= 4 is 45.0 Å². The smallest absolute Gasteiger partial charge is 0.304 e. The van der Waals surface area contributed by atoms with E-state index in [0.717, 1.165) is 41.5 Å². The topological polar surface area (TPSA) is 32.8 Å². The summed E-state index contributed by atoms with van der Waals surface area (Å²) in [6.07, 6.45) is -3.93. The first-order chi connectivity index (χ1) is 16.2. The third-order valence-corrected chi connectivity index (χ3v) is 6.85. The van der Waals surface area contributed by atoms with E-state index < -0.39 is 23.6 Å². The predicted molar refractivity (Wildman–Crippen MR) is 136 cm³/mol. The van der Waals surface area contributed by atoms with Gasteiger partial charge in [0.15, 0.2) is 0 Å². The Balaban J connectivity index is 1.74. The molecule has 1 aliphatic heterocycles. The Morgan fingerprint density at radius 3 is 2.41 bits per heavy atom. The van der Waals surface area contributed by atoms with Gasteiger partial charge in [0.25, 0.3) is 5.91 Å². The van der Waals surface area contributed by atoms with E-state index in [4.69, 9.17) is 4.84 Å². The molecule has 3 aromatic carbocycles. The number of benzene rings is 3. The summed E-state index contributed by atoms with van der Waals surface area (Å²) in [5.74, 6) is -1.59. The highest BCUT2D eigenvalue weighted by Crippen LogP contribution is 2.49. The fraction of sp³-hybridized carbons (Fsp3) is 0.346. The van der Waals surface area contributed by atoms with Crippen LogP contribution in [0.3, 0.4) is 0 Å². The minimum atomic E-state index is -4.60. The lowest BCUT2D eigenvalue weighted by Crippen LogP contribution is -2.31. The Kier molecular flexibility index (Phi) is 7.49. The molecule has 4 nitrogen and oxygen atoms in total. The minimum absolute atomic E-state index is 0.0445. The highest BCUT2D eigenvalue weighted by molar-refractivity contribution is 14.1. The molecule has 1 aliphatic rings. The van der Waals surface area contributed by atoms with Crippen LogP contribution in [0.5, 0.6) is 0 Å². The van der Waals surface area contributed by atoms with E-state index >= 15 is 0 Å². The lowest BCUT2D eigenvalue weighted by atomic mass is 9.88. The van der Waals surface area contributed by atoms with Crippen LogP contribution >= 0.6 is 22.6 Å². The zero-order valence-corrected chi connectivity index (χ0v) is 21.2. The van der Waals surface area contributed by atoms with E-state index in [0.29, 0.717) is 15.6 Å². The molecule has 1 unspecified atom stereocenters. The first kappa shape index (κ1) is 24.9. The average Bonchev–Trinajstić information content (AvgIpc) is 3.08. The van der Waals surface area contributed by atoms with Crippen LogP contribution in [0.2, 0.25) is 0 Å². The Morgan fingerprint density at radius 2 is 1.74 bits per heavy atom. The molecule has 0 spiro atoms. The van der Waals surface area contributed by atoms with Crippen molar-refractivity contribution in [1.82, 2.24) is 4.90 Å². The number of hydrogen-bond acceptors (Lipinski definition) is 3. The van der Waals surface area contributed by atoms with E-state index in [1.165, 1.54) is 0 Å². The number of halogens is 4. The summed E-state index contributed by atoms with van der Waals surface area (Å²) >= 11 is 1.85. The number of fused-ring (bicyclic) bond motifs is 2. The highest BCUT2D eigenvalue weighted by atomic mass is 127. The Hall–Kier alpha value is -2.17. The van der Waals surface area contributed by atoms with Crippen LogP contribution in [0.15, 0.2) is 54.6 Å². The normalized spacial score (nSPS) is 16.0. The summed E-state index contributed by atoms with van der Waals surface area (Å²) in [7, 11) is 0. The summed E-state index contributed by atoms with van der Waals surface area (Å²) in [5, 5.41) is 2.90. The van der Waals surface area contributed by atoms with Gasteiger partial charge in [0.05, 0.1) is 23.8 Å². The highest BCUT2D eigenvalue weighted by Gasteiger charge is 2.47. The molecule has 0 N–H and O–H groups in total. The van der Waals surface area contributed by atoms with Crippen molar-refractivity contribution in [2.75, 3.05) is 31.3 Å². The zero-order valence-electron chi connectivity index (χ0n) is 19.0. The van der Waals surface area contributed by atoms with Gasteiger partial charge in [0.2, 0.25) is 0 Å². The quantitative estimate of drug-likeness (QED) is 0.222. The van der Waals surface area contributed by atoms with Gasteiger partial charge in [-0.1, -0.05) is 56.3 Å². The summed E-state index contributed by atoms with van der Waals surface area (Å²) < 4.78 is 42.7. The van der Waals surface area contributed by atoms with Crippen LogP contribution < -0.4 is 5.06 Å². The largest absolute Gasteiger partial charge is 0.416 e. The molecule has 0 fully saturated rings. The number of hydrogen-bond donors (Lipinski definition) is 0. The molecule has 4 rings (SSSR count). The maximum absolute atomic E-state index is 14.1. The molecule has 0 saturated heterocycles. The molecule has 1 amide bonds. The van der Waals surface area contributed by atoms with Crippen molar-refractivity contribution in [2.24, 2.45) is 0 Å². The fourth-order valence-electron chi connectivity index (χ4n) is 4.48. The first-order valence-electron chi connectivity index (χ1n) is 11.3. The number of carbonyl (C=O) groups excluding carboxylic acids is 1. The molecule has 0 radical (unpaired) electrons. The van der Waals surface area contributed by atoms with E-state index in [9.17, 15) is 18.0 Å². The van der Waals surface area contributed by atoms with Crippen LogP contribution in [0, 0.1) is 3.57 Å². The van der Waals surface area contributed by atoms with Crippen molar-refractivity contribution in [3.05, 3.63) is 74.9 Å². The van der Waals surface area contributed by atoms with Gasteiger partial charge in [0, 0.05) is 15.7 Å². The first-order valence-corrected chi connectivity index (χ1v) is 12.4. The Labute approximate surface area is 210 Å². The number of hydroxylamine groups is 1. The number of alkyl halides is 3. The van der Waals surface area contributed by atoms with E-state index in [1.807, 2.05) is 52.9 Å². The second-order valence-corrected chi connectivity index (χ2v) is 9.52. The van der Waals surface area contributed by atoms with Crippen LogP contribution in [0.4, 0.5) is 18.9 Å². The van der Waals surface area contributed by atoms with Crippen molar-refractivity contribution < 1.29 is 22.8 Å². The third-order valence-electron chi connectivity index (χ3n) is 6.22. The van der Waals surface area contributed by atoms with Gasteiger partial charge in [-0.25, -0.2) is 0 Å². The molecule has 0 saturated carbocycles. The van der Waals surface area contributed by atoms with Crippen LogP contribution in [-0.4, -0.2) is 37.0 Å². The van der Waals surface area contributed by atoms with E-state index in [-0.39, 0.29) is 17.9 Å². The summed E-state index contributed by atoms with van der Waals surface area (Å²) in [4.78, 5) is 21.6. The van der Waals surface area contributed by atoms with Gasteiger partial charge in [-0.05, 0) is 70.6 Å². The lowest BCUT2D eigenvalue weighted by molar-refractivity contribution is -0.138. The van der Waals surface area contributed by atoms with Gasteiger partial charge in [0.1, 0.15) is 0 Å². The predicted octanol–water partition coefficient (Wildman–Crippen LogP) is 6.61. The molecule has 180 valence electrons. The molecule has 0 aliphatic carbocycles. The average molecular weight is 582 g/mol. The molecular weight excluding hydrogens is 556 g/mol. The number of rotatable bonds is 8. The molecule has 1 heterocycles. The van der Waals surface area contributed by atoms with Gasteiger partial charge < -0.3 is 4.90 Å². The van der Waals surface area contributed by atoms with Crippen molar-refractivity contribution in [1.29, 1.82) is 0 Å². The second-order valence-electron chi connectivity index (χ2n) is 8.27. The maximum Gasteiger partial charge on any atom is 0.416 e. The second kappa shape index (κ2) is 10.2. The van der Waals surface area contributed by atoms with Crippen molar-refractivity contribution in [2.45, 2.75) is 32.4 Å². The van der Waals surface area contributed by atoms with Crippen molar-refractivity contribution in [3.63, 3.8) is 0 Å².